The van der Waals surface area contributed by atoms with Gasteiger partial charge in [0.05, 0.1) is 0 Å². The van der Waals surface area contributed by atoms with Crippen molar-refractivity contribution < 1.29 is 4.79 Å². The fourth-order valence-electron chi connectivity index (χ4n) is 3.54. The van der Waals surface area contributed by atoms with Crippen molar-refractivity contribution in [2.24, 2.45) is 5.41 Å². The van der Waals surface area contributed by atoms with E-state index in [2.05, 4.69) is 28.6 Å². The number of benzene rings is 1. The molecule has 1 aromatic carbocycles. The molecule has 2 aliphatic rings. The van der Waals surface area contributed by atoms with Crippen LogP contribution in [0.3, 0.4) is 0 Å². The maximum absolute atomic E-state index is 12.8. The zero-order chi connectivity index (χ0) is 14.9. The van der Waals surface area contributed by atoms with E-state index in [-0.39, 0.29) is 5.91 Å². The standard InChI is InChI=1S/C17H24N2OS/c1-13-3-4-14(21-2)11-15(13)16(20)19-9-6-17(7-10-19)5-8-18-12-17/h3-4,11,18H,5-10,12H2,1-2H3. The van der Waals surface area contributed by atoms with Crippen LogP contribution in [0.4, 0.5) is 0 Å². The molecule has 1 N–H and O–H groups in total. The Bertz CT molecular complexity index is 528. The number of thioether (sulfide) groups is 1. The van der Waals surface area contributed by atoms with Crippen LogP contribution in [-0.2, 0) is 0 Å². The molecule has 2 heterocycles. The molecule has 1 amide bonds. The van der Waals surface area contributed by atoms with Crippen LogP contribution in [0.1, 0.15) is 35.2 Å². The van der Waals surface area contributed by atoms with Gasteiger partial charge < -0.3 is 10.2 Å². The first-order valence-corrected chi connectivity index (χ1v) is 9.01. The van der Waals surface area contributed by atoms with Crippen molar-refractivity contribution in [2.75, 3.05) is 32.4 Å². The smallest absolute Gasteiger partial charge is 0.254 e. The van der Waals surface area contributed by atoms with Gasteiger partial charge >= 0.3 is 0 Å². The molecule has 0 aliphatic carbocycles. The molecule has 4 heteroatoms. The average molecular weight is 304 g/mol. The van der Waals surface area contributed by atoms with Crippen LogP contribution in [0.5, 0.6) is 0 Å². The number of hydrogen-bond acceptors (Lipinski definition) is 3. The number of hydrogen-bond donors (Lipinski definition) is 1. The molecule has 0 atom stereocenters. The predicted octanol–water partition coefficient (Wildman–Crippen LogP) is 2.93. The summed E-state index contributed by atoms with van der Waals surface area (Å²) in [5.74, 6) is 0.212. The summed E-state index contributed by atoms with van der Waals surface area (Å²) in [5.41, 5.74) is 2.43. The number of amides is 1. The Kier molecular flexibility index (Phi) is 4.27. The lowest BCUT2D eigenvalue weighted by Crippen LogP contribution is -2.44. The van der Waals surface area contributed by atoms with Crippen molar-refractivity contribution >= 4 is 17.7 Å². The summed E-state index contributed by atoms with van der Waals surface area (Å²) >= 11 is 1.69. The van der Waals surface area contributed by atoms with Crippen LogP contribution >= 0.6 is 11.8 Å². The molecule has 2 fully saturated rings. The summed E-state index contributed by atoms with van der Waals surface area (Å²) < 4.78 is 0. The molecular weight excluding hydrogens is 280 g/mol. The number of carbonyl (C=O) groups excluding carboxylic acids is 1. The number of nitrogens with zero attached hydrogens (tertiary/aromatic N) is 1. The van der Waals surface area contributed by atoms with Gasteiger partial charge in [0.2, 0.25) is 0 Å². The minimum absolute atomic E-state index is 0.212. The summed E-state index contributed by atoms with van der Waals surface area (Å²) in [7, 11) is 0. The number of aryl methyl sites for hydroxylation is 1. The van der Waals surface area contributed by atoms with E-state index in [4.69, 9.17) is 0 Å². The largest absolute Gasteiger partial charge is 0.339 e. The Hall–Kier alpha value is -1.00. The lowest BCUT2D eigenvalue weighted by Gasteiger charge is -2.39. The number of carbonyl (C=O) groups is 1. The lowest BCUT2D eigenvalue weighted by molar-refractivity contribution is 0.0607. The Morgan fingerprint density at radius 2 is 2.05 bits per heavy atom. The van der Waals surface area contributed by atoms with Crippen molar-refractivity contribution in [3.05, 3.63) is 29.3 Å². The van der Waals surface area contributed by atoms with Gasteiger partial charge in [-0.3, -0.25) is 4.79 Å². The summed E-state index contributed by atoms with van der Waals surface area (Å²) in [6, 6.07) is 6.20. The third-order valence-corrected chi connectivity index (χ3v) is 5.84. The highest BCUT2D eigenvalue weighted by atomic mass is 32.2. The number of piperidine rings is 1. The van der Waals surface area contributed by atoms with E-state index in [1.807, 2.05) is 13.0 Å². The van der Waals surface area contributed by atoms with E-state index in [0.29, 0.717) is 5.41 Å². The molecule has 3 nitrogen and oxygen atoms in total. The summed E-state index contributed by atoms with van der Waals surface area (Å²) in [4.78, 5) is 16.0. The molecule has 2 aliphatic heterocycles. The highest BCUT2D eigenvalue weighted by Crippen LogP contribution is 2.37. The highest BCUT2D eigenvalue weighted by Gasteiger charge is 2.38. The Morgan fingerprint density at radius 3 is 2.67 bits per heavy atom. The molecule has 2 saturated heterocycles. The third-order valence-electron chi connectivity index (χ3n) is 5.12. The monoisotopic (exact) mass is 304 g/mol. The molecule has 1 aromatic rings. The van der Waals surface area contributed by atoms with E-state index in [0.717, 1.165) is 55.0 Å². The molecular formula is C17H24N2OS. The Morgan fingerprint density at radius 1 is 1.29 bits per heavy atom. The van der Waals surface area contributed by atoms with Crippen LogP contribution in [0.25, 0.3) is 0 Å². The maximum atomic E-state index is 12.8. The maximum Gasteiger partial charge on any atom is 0.254 e. The first-order chi connectivity index (χ1) is 10.1. The molecule has 0 bridgehead atoms. The van der Waals surface area contributed by atoms with Crippen molar-refractivity contribution in [1.82, 2.24) is 10.2 Å². The fraction of sp³-hybridized carbons (Fsp3) is 0.588. The second-order valence-electron chi connectivity index (χ2n) is 6.40. The van der Waals surface area contributed by atoms with Crippen molar-refractivity contribution in [3.8, 4) is 0 Å². The first-order valence-electron chi connectivity index (χ1n) is 7.78. The fourth-order valence-corrected chi connectivity index (χ4v) is 3.98. The van der Waals surface area contributed by atoms with Gasteiger partial charge in [0, 0.05) is 30.1 Å². The van der Waals surface area contributed by atoms with E-state index in [1.54, 1.807) is 11.8 Å². The second-order valence-corrected chi connectivity index (χ2v) is 7.28. The van der Waals surface area contributed by atoms with E-state index in [1.165, 1.54) is 6.42 Å². The second kappa shape index (κ2) is 6.01. The van der Waals surface area contributed by atoms with Gasteiger partial charge in [-0.15, -0.1) is 11.8 Å². The molecule has 0 saturated carbocycles. The summed E-state index contributed by atoms with van der Waals surface area (Å²) in [6.07, 6.45) is 5.62. The van der Waals surface area contributed by atoms with Crippen LogP contribution < -0.4 is 5.32 Å². The highest BCUT2D eigenvalue weighted by molar-refractivity contribution is 7.98. The minimum atomic E-state index is 0.212. The van der Waals surface area contributed by atoms with Crippen LogP contribution in [0.2, 0.25) is 0 Å². The van der Waals surface area contributed by atoms with Crippen LogP contribution in [0.15, 0.2) is 23.1 Å². The van der Waals surface area contributed by atoms with Gasteiger partial charge in [-0.05, 0) is 62.1 Å². The zero-order valence-corrected chi connectivity index (χ0v) is 13.8. The molecule has 21 heavy (non-hydrogen) atoms. The van der Waals surface area contributed by atoms with Crippen LogP contribution in [0, 0.1) is 12.3 Å². The van der Waals surface area contributed by atoms with Crippen molar-refractivity contribution in [3.63, 3.8) is 0 Å². The molecule has 1 spiro atoms. The number of likely N-dealkylation sites (tertiary alicyclic amines) is 1. The summed E-state index contributed by atoms with van der Waals surface area (Å²) in [5, 5.41) is 3.48. The van der Waals surface area contributed by atoms with Crippen molar-refractivity contribution in [1.29, 1.82) is 0 Å². The van der Waals surface area contributed by atoms with E-state index in [9.17, 15) is 4.79 Å². The normalized spacial score (nSPS) is 21.0. The topological polar surface area (TPSA) is 32.3 Å². The van der Waals surface area contributed by atoms with E-state index >= 15 is 0 Å². The lowest BCUT2D eigenvalue weighted by atomic mass is 9.77. The van der Waals surface area contributed by atoms with Gasteiger partial charge in [0.1, 0.15) is 0 Å². The minimum Gasteiger partial charge on any atom is -0.339 e. The molecule has 0 unspecified atom stereocenters. The Labute approximate surface area is 131 Å². The molecule has 3 rings (SSSR count). The van der Waals surface area contributed by atoms with Gasteiger partial charge in [0.25, 0.3) is 5.91 Å². The third kappa shape index (κ3) is 2.97. The van der Waals surface area contributed by atoms with Gasteiger partial charge in [-0.1, -0.05) is 6.07 Å². The first kappa shape index (κ1) is 14.9. The van der Waals surface area contributed by atoms with Gasteiger partial charge in [-0.2, -0.15) is 0 Å². The molecule has 0 radical (unpaired) electrons. The van der Waals surface area contributed by atoms with Crippen molar-refractivity contribution in [2.45, 2.75) is 31.1 Å². The van der Waals surface area contributed by atoms with E-state index < -0.39 is 0 Å². The van der Waals surface area contributed by atoms with Gasteiger partial charge in [0.15, 0.2) is 0 Å². The SMILES string of the molecule is CSc1ccc(C)c(C(=O)N2CCC3(CCNC3)CC2)c1. The van der Waals surface area contributed by atoms with Gasteiger partial charge in [-0.25, -0.2) is 0 Å². The Balaban J connectivity index is 1.72. The summed E-state index contributed by atoms with van der Waals surface area (Å²) in [6.45, 7) is 6.12. The number of rotatable bonds is 2. The quantitative estimate of drug-likeness (QED) is 0.853. The number of nitrogens with one attached hydrogen (secondary N) is 1. The average Bonchev–Trinajstić information content (AvgIpc) is 2.96. The van der Waals surface area contributed by atoms with Crippen LogP contribution in [-0.4, -0.2) is 43.2 Å². The molecule has 114 valence electrons. The predicted molar refractivity (Wildman–Crippen MR) is 88.0 cm³/mol. The zero-order valence-electron chi connectivity index (χ0n) is 12.9. The molecule has 0 aromatic heterocycles.